The second-order valence-electron chi connectivity index (χ2n) is 6.17. The second kappa shape index (κ2) is 8.60. The van der Waals surface area contributed by atoms with Gasteiger partial charge in [0.2, 0.25) is 0 Å². The van der Waals surface area contributed by atoms with Crippen LogP contribution in [0.1, 0.15) is 30.5 Å². The van der Waals surface area contributed by atoms with Gasteiger partial charge in [0.1, 0.15) is 6.10 Å². The summed E-state index contributed by atoms with van der Waals surface area (Å²) in [6.07, 6.45) is 5.25. The second-order valence-corrected chi connectivity index (χ2v) is 6.17. The van der Waals surface area contributed by atoms with Gasteiger partial charge in [-0.25, -0.2) is 0 Å². The lowest BCUT2D eigenvalue weighted by atomic mass is 10.1. The predicted molar refractivity (Wildman–Crippen MR) is 93.4 cm³/mol. The minimum atomic E-state index is -0.293. The highest BCUT2D eigenvalue weighted by molar-refractivity contribution is 5.81. The number of amides is 1. The summed E-state index contributed by atoms with van der Waals surface area (Å²) in [7, 11) is 0. The average molecular weight is 324 g/mol. The van der Waals surface area contributed by atoms with Gasteiger partial charge < -0.3 is 9.64 Å². The monoisotopic (exact) mass is 324 g/mol. The maximum absolute atomic E-state index is 12.9. The summed E-state index contributed by atoms with van der Waals surface area (Å²) < 4.78 is 5.70. The Kier molecular flexibility index (Phi) is 5.96. The number of hydrogen-bond acceptors (Lipinski definition) is 3. The molecule has 1 aliphatic heterocycles. The van der Waals surface area contributed by atoms with Crippen molar-refractivity contribution < 1.29 is 9.53 Å². The normalized spacial score (nSPS) is 17.4. The van der Waals surface area contributed by atoms with E-state index in [1.807, 2.05) is 41.3 Å². The fourth-order valence-corrected chi connectivity index (χ4v) is 3.00. The SMILES string of the molecule is O=C([C@@H]1CCCCO1)N(CCc1ccccc1)Cc1ccccn1. The van der Waals surface area contributed by atoms with Crippen LogP contribution in [0.4, 0.5) is 0 Å². The van der Waals surface area contributed by atoms with Gasteiger partial charge in [-0.2, -0.15) is 0 Å². The molecule has 0 aliphatic carbocycles. The van der Waals surface area contributed by atoms with Crippen LogP contribution in [0.3, 0.4) is 0 Å². The number of nitrogens with zero attached hydrogens (tertiary/aromatic N) is 2. The van der Waals surface area contributed by atoms with Crippen molar-refractivity contribution in [1.82, 2.24) is 9.88 Å². The highest BCUT2D eigenvalue weighted by atomic mass is 16.5. The predicted octanol–water partition coefficient (Wildman–Crippen LogP) is 3.22. The molecule has 24 heavy (non-hydrogen) atoms. The number of hydrogen-bond donors (Lipinski definition) is 0. The van der Waals surface area contributed by atoms with E-state index in [2.05, 4.69) is 17.1 Å². The van der Waals surface area contributed by atoms with Gasteiger partial charge in [0.15, 0.2) is 0 Å². The van der Waals surface area contributed by atoms with Crippen LogP contribution in [0.2, 0.25) is 0 Å². The molecule has 1 aliphatic rings. The molecule has 126 valence electrons. The van der Waals surface area contributed by atoms with Gasteiger partial charge in [0.25, 0.3) is 5.91 Å². The van der Waals surface area contributed by atoms with E-state index >= 15 is 0 Å². The van der Waals surface area contributed by atoms with E-state index in [9.17, 15) is 4.79 Å². The topological polar surface area (TPSA) is 42.4 Å². The summed E-state index contributed by atoms with van der Waals surface area (Å²) in [6.45, 7) is 1.90. The Morgan fingerprint density at radius 3 is 2.67 bits per heavy atom. The lowest BCUT2D eigenvalue weighted by Gasteiger charge is -2.29. The lowest BCUT2D eigenvalue weighted by molar-refractivity contribution is -0.147. The Labute approximate surface area is 143 Å². The molecule has 1 aromatic carbocycles. The van der Waals surface area contributed by atoms with Crippen LogP contribution in [0.5, 0.6) is 0 Å². The molecule has 1 amide bonds. The summed E-state index contributed by atoms with van der Waals surface area (Å²) in [5, 5.41) is 0. The van der Waals surface area contributed by atoms with Crippen LogP contribution >= 0.6 is 0 Å². The van der Waals surface area contributed by atoms with Crippen molar-refractivity contribution in [3.05, 3.63) is 66.0 Å². The zero-order valence-corrected chi connectivity index (χ0v) is 13.9. The molecule has 0 unspecified atom stereocenters. The maximum Gasteiger partial charge on any atom is 0.252 e. The molecule has 0 bridgehead atoms. The maximum atomic E-state index is 12.9. The number of ether oxygens (including phenoxy) is 1. The molecule has 4 nitrogen and oxygen atoms in total. The molecule has 2 aromatic rings. The van der Waals surface area contributed by atoms with Crippen molar-refractivity contribution in [3.8, 4) is 0 Å². The van der Waals surface area contributed by atoms with Crippen molar-refractivity contribution in [2.45, 2.75) is 38.3 Å². The number of pyridine rings is 1. The highest BCUT2D eigenvalue weighted by Gasteiger charge is 2.27. The van der Waals surface area contributed by atoms with Crippen LogP contribution in [-0.4, -0.2) is 35.0 Å². The molecular weight excluding hydrogens is 300 g/mol. The minimum absolute atomic E-state index is 0.0938. The number of carbonyl (C=O) groups is 1. The number of carbonyl (C=O) groups excluding carboxylic acids is 1. The van der Waals surface area contributed by atoms with Crippen molar-refractivity contribution in [3.63, 3.8) is 0 Å². The van der Waals surface area contributed by atoms with Gasteiger partial charge in [-0.15, -0.1) is 0 Å². The zero-order valence-electron chi connectivity index (χ0n) is 13.9. The number of benzene rings is 1. The quantitative estimate of drug-likeness (QED) is 0.819. The molecule has 2 heterocycles. The molecule has 0 radical (unpaired) electrons. The van der Waals surface area contributed by atoms with Crippen LogP contribution < -0.4 is 0 Å². The number of aromatic nitrogens is 1. The Morgan fingerprint density at radius 2 is 1.96 bits per heavy atom. The third-order valence-electron chi connectivity index (χ3n) is 4.36. The Balaban J connectivity index is 1.68. The Morgan fingerprint density at radius 1 is 1.12 bits per heavy atom. The lowest BCUT2D eigenvalue weighted by Crippen LogP contribution is -2.42. The van der Waals surface area contributed by atoms with Crippen molar-refractivity contribution in [2.24, 2.45) is 0 Å². The largest absolute Gasteiger partial charge is 0.368 e. The molecule has 1 fully saturated rings. The third kappa shape index (κ3) is 4.65. The average Bonchev–Trinajstić information content (AvgIpc) is 2.67. The standard InChI is InChI=1S/C20H24N2O2/c23-20(19-11-5-7-15-24-19)22(16-18-10-4-6-13-21-18)14-12-17-8-2-1-3-9-17/h1-4,6,8-10,13,19H,5,7,11-12,14-16H2/t19-/m0/s1. The van der Waals surface area contributed by atoms with E-state index in [4.69, 9.17) is 4.74 Å². The summed E-state index contributed by atoms with van der Waals surface area (Å²) in [5.41, 5.74) is 2.15. The summed E-state index contributed by atoms with van der Waals surface area (Å²) >= 11 is 0. The van der Waals surface area contributed by atoms with E-state index in [1.54, 1.807) is 6.20 Å². The first-order valence-corrected chi connectivity index (χ1v) is 8.67. The molecule has 4 heteroatoms. The van der Waals surface area contributed by atoms with E-state index in [0.717, 1.165) is 31.4 Å². The van der Waals surface area contributed by atoms with Crippen LogP contribution in [-0.2, 0) is 22.5 Å². The first-order valence-electron chi connectivity index (χ1n) is 8.67. The first-order chi connectivity index (χ1) is 11.8. The van der Waals surface area contributed by atoms with Crippen LogP contribution in [0.15, 0.2) is 54.7 Å². The fourth-order valence-electron chi connectivity index (χ4n) is 3.00. The van der Waals surface area contributed by atoms with E-state index < -0.39 is 0 Å². The molecule has 1 atom stereocenters. The van der Waals surface area contributed by atoms with Crippen molar-refractivity contribution >= 4 is 5.91 Å². The molecule has 0 N–H and O–H groups in total. The van der Waals surface area contributed by atoms with E-state index in [0.29, 0.717) is 19.7 Å². The Hall–Kier alpha value is -2.20. The van der Waals surface area contributed by atoms with Gasteiger partial charge in [-0.3, -0.25) is 9.78 Å². The fraction of sp³-hybridized carbons (Fsp3) is 0.400. The van der Waals surface area contributed by atoms with Gasteiger partial charge in [-0.05, 0) is 43.4 Å². The van der Waals surface area contributed by atoms with Crippen LogP contribution in [0.25, 0.3) is 0 Å². The van der Waals surface area contributed by atoms with Crippen LogP contribution in [0, 0.1) is 0 Å². The molecule has 1 saturated heterocycles. The number of rotatable bonds is 6. The smallest absolute Gasteiger partial charge is 0.252 e. The Bertz CT molecular complexity index is 625. The molecule has 3 rings (SSSR count). The van der Waals surface area contributed by atoms with E-state index in [1.165, 1.54) is 5.56 Å². The molecule has 0 saturated carbocycles. The van der Waals surface area contributed by atoms with Gasteiger partial charge in [0.05, 0.1) is 12.2 Å². The minimum Gasteiger partial charge on any atom is -0.368 e. The van der Waals surface area contributed by atoms with E-state index in [-0.39, 0.29) is 12.0 Å². The van der Waals surface area contributed by atoms with Gasteiger partial charge >= 0.3 is 0 Å². The molecule has 1 aromatic heterocycles. The molecule has 0 spiro atoms. The summed E-state index contributed by atoms with van der Waals surface area (Å²) in [6, 6.07) is 16.1. The first kappa shape index (κ1) is 16.7. The van der Waals surface area contributed by atoms with Crippen molar-refractivity contribution in [2.75, 3.05) is 13.2 Å². The highest BCUT2D eigenvalue weighted by Crippen LogP contribution is 2.17. The van der Waals surface area contributed by atoms with Crippen molar-refractivity contribution in [1.29, 1.82) is 0 Å². The third-order valence-corrected chi connectivity index (χ3v) is 4.36. The summed E-state index contributed by atoms with van der Waals surface area (Å²) in [5.74, 6) is 0.0938. The molecular formula is C20H24N2O2. The zero-order chi connectivity index (χ0) is 16.6. The summed E-state index contributed by atoms with van der Waals surface area (Å²) in [4.78, 5) is 19.2. The van der Waals surface area contributed by atoms with Gasteiger partial charge in [-0.1, -0.05) is 36.4 Å². The van der Waals surface area contributed by atoms with Gasteiger partial charge in [0, 0.05) is 19.3 Å².